The molecule has 0 unspecified atom stereocenters. The van der Waals surface area contributed by atoms with Crippen molar-refractivity contribution in [3.63, 3.8) is 0 Å². The Kier molecular flexibility index (Phi) is 5.33. The number of hydrogen-bond donors (Lipinski definition) is 2. The lowest BCUT2D eigenvalue weighted by molar-refractivity contribution is 0.0954. The summed E-state index contributed by atoms with van der Waals surface area (Å²) in [5, 5.41) is 6.22. The molecule has 0 saturated heterocycles. The van der Waals surface area contributed by atoms with E-state index in [0.717, 1.165) is 29.2 Å². The highest BCUT2D eigenvalue weighted by Crippen LogP contribution is 2.30. The molecule has 1 aliphatic heterocycles. The molecule has 0 aliphatic carbocycles. The van der Waals surface area contributed by atoms with Crippen LogP contribution < -0.4 is 20.1 Å². The maximum Gasteiger partial charge on any atom is 0.251 e. The van der Waals surface area contributed by atoms with Crippen molar-refractivity contribution in [2.75, 3.05) is 26.3 Å². The Morgan fingerprint density at radius 1 is 1.00 bits per heavy atom. The molecular weight excluding hydrogens is 304 g/mol. The average molecular weight is 326 g/mol. The second-order valence-corrected chi connectivity index (χ2v) is 5.78. The zero-order valence-corrected chi connectivity index (χ0v) is 13.8. The fourth-order valence-electron chi connectivity index (χ4n) is 2.50. The van der Waals surface area contributed by atoms with E-state index < -0.39 is 0 Å². The van der Waals surface area contributed by atoms with Gasteiger partial charge in [0, 0.05) is 25.2 Å². The quantitative estimate of drug-likeness (QED) is 0.800. The Hall–Kier alpha value is -2.53. The van der Waals surface area contributed by atoms with Gasteiger partial charge in [-0.15, -0.1) is 0 Å². The first-order valence-electron chi connectivity index (χ1n) is 8.16. The molecule has 0 spiro atoms. The van der Waals surface area contributed by atoms with Crippen LogP contribution >= 0.6 is 0 Å². The molecule has 5 nitrogen and oxygen atoms in total. The summed E-state index contributed by atoms with van der Waals surface area (Å²) in [7, 11) is 0. The Morgan fingerprint density at radius 3 is 2.54 bits per heavy atom. The van der Waals surface area contributed by atoms with Crippen LogP contribution in [0.4, 0.5) is 0 Å². The largest absolute Gasteiger partial charge is 0.486 e. The Labute approximate surface area is 142 Å². The number of aryl methyl sites for hydroxylation is 1. The molecule has 0 radical (unpaired) electrons. The summed E-state index contributed by atoms with van der Waals surface area (Å²) < 4.78 is 11.1. The van der Waals surface area contributed by atoms with Gasteiger partial charge in [0.15, 0.2) is 11.5 Å². The first-order chi connectivity index (χ1) is 11.7. The molecule has 0 saturated carbocycles. The van der Waals surface area contributed by atoms with Crippen LogP contribution in [-0.4, -0.2) is 32.2 Å². The molecule has 1 aliphatic rings. The highest BCUT2D eigenvalue weighted by Gasteiger charge is 2.11. The van der Waals surface area contributed by atoms with E-state index in [0.29, 0.717) is 31.9 Å². The third kappa shape index (κ3) is 4.26. The highest BCUT2D eigenvalue weighted by atomic mass is 16.6. The van der Waals surface area contributed by atoms with Crippen LogP contribution in [0, 0.1) is 6.92 Å². The van der Waals surface area contributed by atoms with Crippen LogP contribution in [0.3, 0.4) is 0 Å². The van der Waals surface area contributed by atoms with Crippen LogP contribution in [-0.2, 0) is 6.54 Å². The molecule has 3 rings (SSSR count). The monoisotopic (exact) mass is 326 g/mol. The zero-order chi connectivity index (χ0) is 16.8. The Bertz CT molecular complexity index is 698. The van der Waals surface area contributed by atoms with Gasteiger partial charge in [-0.1, -0.05) is 23.8 Å². The third-order valence-corrected chi connectivity index (χ3v) is 3.84. The number of benzene rings is 2. The number of nitrogens with one attached hydrogen (secondary N) is 2. The van der Waals surface area contributed by atoms with Crippen molar-refractivity contribution in [2.45, 2.75) is 13.5 Å². The van der Waals surface area contributed by atoms with Gasteiger partial charge in [0.25, 0.3) is 5.91 Å². The highest BCUT2D eigenvalue weighted by molar-refractivity contribution is 5.94. The summed E-state index contributed by atoms with van der Waals surface area (Å²) in [6.45, 7) is 5.20. The minimum absolute atomic E-state index is 0.0453. The minimum atomic E-state index is -0.0453. The average Bonchev–Trinajstić information content (AvgIpc) is 2.61. The number of fused-ring (bicyclic) bond motifs is 1. The number of rotatable bonds is 6. The van der Waals surface area contributed by atoms with E-state index in [4.69, 9.17) is 9.47 Å². The van der Waals surface area contributed by atoms with Crippen LogP contribution in [0.5, 0.6) is 11.5 Å². The summed E-state index contributed by atoms with van der Waals surface area (Å²) in [5.41, 5.74) is 2.96. The van der Waals surface area contributed by atoms with E-state index in [2.05, 4.69) is 10.6 Å². The minimum Gasteiger partial charge on any atom is -0.486 e. The van der Waals surface area contributed by atoms with Gasteiger partial charge in [-0.25, -0.2) is 0 Å². The fraction of sp³-hybridized carbons (Fsp3) is 0.316. The number of ether oxygens (including phenoxy) is 2. The lowest BCUT2D eigenvalue weighted by Crippen LogP contribution is -2.31. The van der Waals surface area contributed by atoms with Crippen LogP contribution in [0.25, 0.3) is 0 Å². The van der Waals surface area contributed by atoms with Crippen molar-refractivity contribution in [2.24, 2.45) is 0 Å². The van der Waals surface area contributed by atoms with Gasteiger partial charge in [-0.05, 0) is 36.8 Å². The predicted molar refractivity (Wildman–Crippen MR) is 92.7 cm³/mol. The van der Waals surface area contributed by atoms with Gasteiger partial charge in [0.05, 0.1) is 0 Å². The van der Waals surface area contributed by atoms with Gasteiger partial charge >= 0.3 is 0 Å². The molecule has 1 amide bonds. The lowest BCUT2D eigenvalue weighted by Gasteiger charge is -2.19. The molecular formula is C19H22N2O3. The maximum atomic E-state index is 12.0. The molecule has 24 heavy (non-hydrogen) atoms. The third-order valence-electron chi connectivity index (χ3n) is 3.84. The van der Waals surface area contributed by atoms with E-state index in [1.54, 1.807) is 0 Å². The number of hydrogen-bond acceptors (Lipinski definition) is 4. The summed E-state index contributed by atoms with van der Waals surface area (Å²) in [4.78, 5) is 12.0. The smallest absolute Gasteiger partial charge is 0.251 e. The molecule has 0 atom stereocenters. The van der Waals surface area contributed by atoms with E-state index in [1.165, 1.54) is 0 Å². The van der Waals surface area contributed by atoms with E-state index in [1.807, 2.05) is 49.4 Å². The van der Waals surface area contributed by atoms with Crippen LogP contribution in [0.2, 0.25) is 0 Å². The predicted octanol–water partition coefficient (Wildman–Crippen LogP) is 2.29. The van der Waals surface area contributed by atoms with Gasteiger partial charge < -0.3 is 20.1 Å². The summed E-state index contributed by atoms with van der Waals surface area (Å²) >= 11 is 0. The topological polar surface area (TPSA) is 59.6 Å². The van der Waals surface area contributed by atoms with Crippen molar-refractivity contribution < 1.29 is 14.3 Å². The Balaban J connectivity index is 1.39. The normalized spacial score (nSPS) is 12.7. The molecule has 0 bridgehead atoms. The maximum absolute atomic E-state index is 12.0. The van der Waals surface area contributed by atoms with Crippen molar-refractivity contribution >= 4 is 5.91 Å². The van der Waals surface area contributed by atoms with E-state index in [9.17, 15) is 4.79 Å². The molecule has 0 aromatic heterocycles. The van der Waals surface area contributed by atoms with Crippen LogP contribution in [0.15, 0.2) is 42.5 Å². The molecule has 2 N–H and O–H groups in total. The van der Waals surface area contributed by atoms with Gasteiger partial charge in [0.2, 0.25) is 0 Å². The van der Waals surface area contributed by atoms with Crippen molar-refractivity contribution in [1.29, 1.82) is 0 Å². The summed E-state index contributed by atoms with van der Waals surface area (Å²) in [6, 6.07) is 13.5. The molecule has 1 heterocycles. The van der Waals surface area contributed by atoms with E-state index >= 15 is 0 Å². The molecule has 5 heteroatoms. The molecule has 126 valence electrons. The lowest BCUT2D eigenvalue weighted by atomic mass is 10.1. The summed E-state index contributed by atoms with van der Waals surface area (Å²) in [6.07, 6.45) is 0. The van der Waals surface area contributed by atoms with Gasteiger partial charge in [0.1, 0.15) is 13.2 Å². The first-order valence-corrected chi connectivity index (χ1v) is 8.16. The first kappa shape index (κ1) is 16.3. The van der Waals surface area contributed by atoms with Crippen molar-refractivity contribution in [1.82, 2.24) is 10.6 Å². The SMILES string of the molecule is Cc1ccc(C(=O)NCCNCc2ccc3c(c2)OCCO3)cc1. The molecule has 2 aromatic rings. The van der Waals surface area contributed by atoms with Crippen LogP contribution in [0.1, 0.15) is 21.5 Å². The zero-order valence-electron chi connectivity index (χ0n) is 13.8. The second-order valence-electron chi connectivity index (χ2n) is 5.78. The Morgan fingerprint density at radius 2 is 1.75 bits per heavy atom. The van der Waals surface area contributed by atoms with Gasteiger partial charge in [-0.2, -0.15) is 0 Å². The molecule has 0 fully saturated rings. The second kappa shape index (κ2) is 7.84. The van der Waals surface area contributed by atoms with Crippen molar-refractivity contribution in [3.8, 4) is 11.5 Å². The number of carbonyl (C=O) groups is 1. The summed E-state index contributed by atoms with van der Waals surface area (Å²) in [5.74, 6) is 1.56. The van der Waals surface area contributed by atoms with Crippen molar-refractivity contribution in [3.05, 3.63) is 59.2 Å². The van der Waals surface area contributed by atoms with E-state index in [-0.39, 0.29) is 5.91 Å². The fourth-order valence-corrected chi connectivity index (χ4v) is 2.50. The number of amides is 1. The number of carbonyl (C=O) groups excluding carboxylic acids is 1. The molecule has 2 aromatic carbocycles. The standard InChI is InChI=1S/C19H22N2O3/c1-14-2-5-16(6-3-14)19(22)21-9-8-20-13-15-4-7-17-18(12-15)24-11-10-23-17/h2-7,12,20H,8-11,13H2,1H3,(H,21,22). The van der Waals surface area contributed by atoms with Gasteiger partial charge in [-0.3, -0.25) is 4.79 Å².